The van der Waals surface area contributed by atoms with E-state index in [9.17, 15) is 14.0 Å². The summed E-state index contributed by atoms with van der Waals surface area (Å²) in [5.74, 6) is -1.39. The number of hydrogen-bond acceptors (Lipinski definition) is 5. The molecule has 3 aliphatic heterocycles. The minimum absolute atomic E-state index is 0.227. The second-order valence-electron chi connectivity index (χ2n) is 7.12. The number of ether oxygens (including phenoxy) is 1. The van der Waals surface area contributed by atoms with Crippen LogP contribution < -0.4 is 10.2 Å². The Morgan fingerprint density at radius 3 is 3.00 bits per heavy atom. The van der Waals surface area contributed by atoms with E-state index in [2.05, 4.69) is 10.5 Å². The lowest BCUT2D eigenvalue weighted by Gasteiger charge is -2.23. The molecule has 138 valence electrons. The molecule has 2 aromatic rings. The molecule has 1 aromatic carbocycles. The number of aryl methyl sites for hydroxylation is 1. The number of carbonyl (C=O) groups is 2. The van der Waals surface area contributed by atoms with Crippen LogP contribution in [0.4, 0.5) is 15.9 Å². The van der Waals surface area contributed by atoms with Crippen LogP contribution in [0.25, 0.3) is 0 Å². The van der Waals surface area contributed by atoms with Crippen molar-refractivity contribution in [2.24, 2.45) is 11.8 Å². The van der Waals surface area contributed by atoms with Crippen LogP contribution in [-0.4, -0.2) is 35.2 Å². The molecule has 4 atom stereocenters. The Bertz CT molecular complexity index is 987. The van der Waals surface area contributed by atoms with Gasteiger partial charge in [-0.15, -0.1) is 0 Å². The van der Waals surface area contributed by atoms with Crippen molar-refractivity contribution in [3.8, 4) is 0 Å². The summed E-state index contributed by atoms with van der Waals surface area (Å²) in [6, 6.07) is 7.32. The quantitative estimate of drug-likeness (QED) is 0.837. The lowest BCUT2D eigenvalue weighted by Crippen LogP contribution is -2.41. The van der Waals surface area contributed by atoms with Crippen LogP contribution in [0.3, 0.4) is 0 Å². The van der Waals surface area contributed by atoms with Crippen LogP contribution in [-0.2, 0) is 14.3 Å². The van der Waals surface area contributed by atoms with Crippen molar-refractivity contribution in [2.75, 3.05) is 16.8 Å². The summed E-state index contributed by atoms with van der Waals surface area (Å²) in [7, 11) is 0. The van der Waals surface area contributed by atoms with E-state index in [1.165, 1.54) is 23.1 Å². The van der Waals surface area contributed by atoms with Crippen LogP contribution in [0, 0.1) is 24.6 Å². The SMILES string of the molecule is Cc1cc(N2C[C@]34C=C[C@@H](O3)[C@H](C(=O)Nc3cccc(F)c3)[C@H]4C2=O)no1. The number of amides is 2. The average Bonchev–Trinajstić information content (AvgIpc) is 3.36. The molecule has 2 amide bonds. The van der Waals surface area contributed by atoms with Crippen LogP contribution in [0.15, 0.2) is 47.0 Å². The zero-order valence-electron chi connectivity index (χ0n) is 14.4. The van der Waals surface area contributed by atoms with E-state index in [4.69, 9.17) is 9.26 Å². The molecule has 0 aliphatic carbocycles. The molecule has 7 nitrogen and oxygen atoms in total. The van der Waals surface area contributed by atoms with Gasteiger partial charge in [0.15, 0.2) is 5.82 Å². The maximum Gasteiger partial charge on any atom is 0.235 e. The number of aromatic nitrogens is 1. The lowest BCUT2D eigenvalue weighted by molar-refractivity contribution is -0.128. The molecule has 27 heavy (non-hydrogen) atoms. The summed E-state index contributed by atoms with van der Waals surface area (Å²) >= 11 is 0. The fourth-order valence-corrected chi connectivity index (χ4v) is 4.26. The van der Waals surface area contributed by atoms with Crippen molar-refractivity contribution in [1.29, 1.82) is 0 Å². The zero-order valence-corrected chi connectivity index (χ0v) is 14.4. The highest BCUT2D eigenvalue weighted by Gasteiger charge is 2.67. The fraction of sp³-hybridized carbons (Fsp3) is 0.316. The third kappa shape index (κ3) is 2.33. The molecule has 5 rings (SSSR count). The highest BCUT2D eigenvalue weighted by Crippen LogP contribution is 2.52. The van der Waals surface area contributed by atoms with Gasteiger partial charge < -0.3 is 14.6 Å². The van der Waals surface area contributed by atoms with Gasteiger partial charge in [0.25, 0.3) is 0 Å². The number of rotatable bonds is 3. The van der Waals surface area contributed by atoms with Crippen molar-refractivity contribution in [1.82, 2.24) is 5.16 Å². The van der Waals surface area contributed by atoms with E-state index in [0.29, 0.717) is 17.3 Å². The largest absolute Gasteiger partial charge is 0.360 e. The molecule has 2 saturated heterocycles. The number of anilines is 2. The average molecular weight is 369 g/mol. The van der Waals surface area contributed by atoms with E-state index in [1.807, 2.05) is 12.2 Å². The molecule has 1 spiro atoms. The van der Waals surface area contributed by atoms with Gasteiger partial charge in [-0.25, -0.2) is 4.39 Å². The molecule has 0 radical (unpaired) electrons. The predicted molar refractivity (Wildman–Crippen MR) is 92.3 cm³/mol. The minimum Gasteiger partial charge on any atom is -0.360 e. The van der Waals surface area contributed by atoms with Gasteiger partial charge in [0.05, 0.1) is 24.5 Å². The normalized spacial score (nSPS) is 30.8. The Morgan fingerprint density at radius 1 is 1.41 bits per heavy atom. The summed E-state index contributed by atoms with van der Waals surface area (Å²) in [4.78, 5) is 27.5. The number of nitrogens with one attached hydrogen (secondary N) is 1. The molecule has 4 heterocycles. The minimum atomic E-state index is -0.849. The highest BCUT2D eigenvalue weighted by molar-refractivity contribution is 6.05. The Kier molecular flexibility index (Phi) is 3.30. The Hall–Kier alpha value is -3.00. The van der Waals surface area contributed by atoms with Gasteiger partial charge in [0.2, 0.25) is 11.8 Å². The number of carbonyl (C=O) groups excluding carboxylic acids is 2. The lowest BCUT2D eigenvalue weighted by atomic mass is 9.77. The van der Waals surface area contributed by atoms with Gasteiger partial charge in [-0.2, -0.15) is 0 Å². The third-order valence-corrected chi connectivity index (χ3v) is 5.39. The number of nitrogens with zero attached hydrogens (tertiary/aromatic N) is 2. The summed E-state index contributed by atoms with van der Waals surface area (Å²) in [6.07, 6.45) is 3.20. The number of hydrogen-bond donors (Lipinski definition) is 1. The Labute approximate surface area is 153 Å². The first-order valence-corrected chi connectivity index (χ1v) is 8.65. The fourth-order valence-electron chi connectivity index (χ4n) is 4.26. The second-order valence-corrected chi connectivity index (χ2v) is 7.12. The summed E-state index contributed by atoms with van der Waals surface area (Å²) < 4.78 is 24.5. The first kappa shape index (κ1) is 16.2. The molecule has 2 fully saturated rings. The molecule has 8 heteroatoms. The molecule has 0 unspecified atom stereocenters. The van der Waals surface area contributed by atoms with Gasteiger partial charge in [0.1, 0.15) is 17.2 Å². The number of benzene rings is 1. The molecule has 3 aliphatic rings. The van der Waals surface area contributed by atoms with Crippen molar-refractivity contribution in [3.05, 3.63) is 54.1 Å². The molecule has 0 saturated carbocycles. The van der Waals surface area contributed by atoms with E-state index >= 15 is 0 Å². The molecular weight excluding hydrogens is 353 g/mol. The monoisotopic (exact) mass is 369 g/mol. The van der Waals surface area contributed by atoms with Crippen LogP contribution in [0.2, 0.25) is 0 Å². The second kappa shape index (κ2) is 5.50. The van der Waals surface area contributed by atoms with Gasteiger partial charge >= 0.3 is 0 Å². The summed E-state index contributed by atoms with van der Waals surface area (Å²) in [5, 5.41) is 6.61. The predicted octanol–water partition coefficient (Wildman–Crippen LogP) is 2.05. The van der Waals surface area contributed by atoms with E-state index in [0.717, 1.165) is 0 Å². The zero-order chi connectivity index (χ0) is 18.8. The van der Waals surface area contributed by atoms with E-state index in [1.54, 1.807) is 19.1 Å². The third-order valence-electron chi connectivity index (χ3n) is 5.39. The smallest absolute Gasteiger partial charge is 0.235 e. The molecule has 1 aromatic heterocycles. The molecule has 1 N–H and O–H groups in total. The van der Waals surface area contributed by atoms with Crippen molar-refractivity contribution >= 4 is 23.3 Å². The van der Waals surface area contributed by atoms with Gasteiger partial charge in [0, 0.05) is 11.8 Å². The Balaban J connectivity index is 1.44. The first-order chi connectivity index (χ1) is 13.0. The van der Waals surface area contributed by atoms with Crippen LogP contribution >= 0.6 is 0 Å². The van der Waals surface area contributed by atoms with E-state index in [-0.39, 0.29) is 18.4 Å². The van der Waals surface area contributed by atoms with Crippen molar-refractivity contribution in [2.45, 2.75) is 18.6 Å². The molecular formula is C19H16FN3O4. The van der Waals surface area contributed by atoms with Crippen molar-refractivity contribution < 1.29 is 23.2 Å². The van der Waals surface area contributed by atoms with Crippen LogP contribution in [0.1, 0.15) is 5.76 Å². The highest BCUT2D eigenvalue weighted by atomic mass is 19.1. The topological polar surface area (TPSA) is 84.7 Å². The number of fused-ring (bicyclic) bond motifs is 1. The Morgan fingerprint density at radius 2 is 2.26 bits per heavy atom. The standard InChI is InChI=1S/C19H16FN3O4/c1-10-7-14(22-27-10)23-9-19-6-5-13(26-19)15(16(19)18(23)25)17(24)21-12-4-2-3-11(20)8-12/h2-8,13,15-16H,9H2,1H3,(H,21,24)/t13-,15+,16+,19+/m1/s1. The van der Waals surface area contributed by atoms with Gasteiger partial charge in [-0.3, -0.25) is 14.5 Å². The maximum atomic E-state index is 13.4. The van der Waals surface area contributed by atoms with Crippen molar-refractivity contribution in [3.63, 3.8) is 0 Å². The van der Waals surface area contributed by atoms with Gasteiger partial charge in [-0.1, -0.05) is 23.4 Å². The number of halogens is 1. The first-order valence-electron chi connectivity index (χ1n) is 8.65. The summed E-state index contributed by atoms with van der Waals surface area (Å²) in [5.41, 5.74) is -0.506. The van der Waals surface area contributed by atoms with Crippen LogP contribution in [0.5, 0.6) is 0 Å². The van der Waals surface area contributed by atoms with Gasteiger partial charge in [-0.05, 0) is 25.1 Å². The maximum absolute atomic E-state index is 13.4. The van der Waals surface area contributed by atoms with E-state index < -0.39 is 29.4 Å². The molecule has 2 bridgehead atoms. The summed E-state index contributed by atoms with van der Waals surface area (Å²) in [6.45, 7) is 2.02.